The molecule has 1 amide bonds. The number of carbonyl (C=O) groups excluding carboxylic acids is 1. The third kappa shape index (κ3) is 3.29. The molecule has 0 aromatic heterocycles. The molecule has 1 saturated heterocycles. The first-order valence-electron chi connectivity index (χ1n) is 5.74. The second-order valence-electron chi connectivity index (χ2n) is 4.12. The Hall–Kier alpha value is -0.570. The third-order valence-corrected chi connectivity index (χ3v) is 2.83. The van der Waals surface area contributed by atoms with Crippen molar-refractivity contribution in [3.63, 3.8) is 0 Å². The van der Waals surface area contributed by atoms with Crippen molar-refractivity contribution in [1.82, 2.24) is 10.2 Å². The number of nitrogens with one attached hydrogen (secondary N) is 1. The highest BCUT2D eigenvalue weighted by atomic mass is 16.2. The zero-order chi connectivity index (χ0) is 10.4. The van der Waals surface area contributed by atoms with Gasteiger partial charge in [-0.05, 0) is 25.8 Å². The van der Waals surface area contributed by atoms with Gasteiger partial charge in [0.1, 0.15) is 0 Å². The SMILES string of the molecule is CCCCN(C)C(=O)C1CCCCN1. The van der Waals surface area contributed by atoms with E-state index in [1.807, 2.05) is 11.9 Å². The fourth-order valence-corrected chi connectivity index (χ4v) is 1.83. The van der Waals surface area contributed by atoms with Crippen LogP contribution in [-0.4, -0.2) is 37.0 Å². The van der Waals surface area contributed by atoms with E-state index < -0.39 is 0 Å². The predicted molar refractivity (Wildman–Crippen MR) is 58.2 cm³/mol. The summed E-state index contributed by atoms with van der Waals surface area (Å²) in [7, 11) is 1.91. The van der Waals surface area contributed by atoms with Crippen molar-refractivity contribution in [1.29, 1.82) is 0 Å². The Morgan fingerprint density at radius 2 is 2.29 bits per heavy atom. The molecule has 14 heavy (non-hydrogen) atoms. The van der Waals surface area contributed by atoms with Crippen LogP contribution >= 0.6 is 0 Å². The maximum atomic E-state index is 11.9. The normalized spacial score (nSPS) is 22.0. The number of hydrogen-bond acceptors (Lipinski definition) is 2. The molecule has 1 N–H and O–H groups in total. The van der Waals surface area contributed by atoms with Crippen molar-refractivity contribution in [3.05, 3.63) is 0 Å². The number of amides is 1. The standard InChI is InChI=1S/C11H22N2O/c1-3-4-9-13(2)11(14)10-7-5-6-8-12-10/h10,12H,3-9H2,1-2H3. The summed E-state index contributed by atoms with van der Waals surface area (Å²) >= 11 is 0. The summed E-state index contributed by atoms with van der Waals surface area (Å²) in [6.45, 7) is 4.04. The van der Waals surface area contributed by atoms with Gasteiger partial charge in [-0.15, -0.1) is 0 Å². The molecule has 1 rings (SSSR count). The van der Waals surface area contributed by atoms with Crippen LogP contribution < -0.4 is 5.32 Å². The van der Waals surface area contributed by atoms with E-state index >= 15 is 0 Å². The fourth-order valence-electron chi connectivity index (χ4n) is 1.83. The number of nitrogens with zero attached hydrogens (tertiary/aromatic N) is 1. The molecular formula is C11H22N2O. The molecule has 1 atom stereocenters. The van der Waals surface area contributed by atoms with E-state index in [9.17, 15) is 4.79 Å². The van der Waals surface area contributed by atoms with Crippen molar-refractivity contribution in [2.24, 2.45) is 0 Å². The van der Waals surface area contributed by atoms with Gasteiger partial charge in [0, 0.05) is 13.6 Å². The summed E-state index contributed by atoms with van der Waals surface area (Å²) in [5.74, 6) is 0.276. The molecule has 3 nitrogen and oxygen atoms in total. The van der Waals surface area contributed by atoms with Crippen LogP contribution in [0.1, 0.15) is 39.0 Å². The van der Waals surface area contributed by atoms with Gasteiger partial charge in [0.2, 0.25) is 5.91 Å². The average Bonchev–Trinajstić information content (AvgIpc) is 2.26. The average molecular weight is 198 g/mol. The molecule has 1 unspecified atom stereocenters. The maximum Gasteiger partial charge on any atom is 0.239 e. The van der Waals surface area contributed by atoms with Gasteiger partial charge < -0.3 is 10.2 Å². The monoisotopic (exact) mass is 198 g/mol. The number of unbranched alkanes of at least 4 members (excludes halogenated alkanes) is 1. The van der Waals surface area contributed by atoms with Gasteiger partial charge in [0.25, 0.3) is 0 Å². The van der Waals surface area contributed by atoms with Gasteiger partial charge in [-0.3, -0.25) is 4.79 Å². The zero-order valence-corrected chi connectivity index (χ0v) is 9.38. The molecular weight excluding hydrogens is 176 g/mol. The summed E-state index contributed by atoms with van der Waals surface area (Å²) < 4.78 is 0. The van der Waals surface area contributed by atoms with Crippen LogP contribution in [0.4, 0.5) is 0 Å². The van der Waals surface area contributed by atoms with E-state index in [1.165, 1.54) is 12.8 Å². The fraction of sp³-hybridized carbons (Fsp3) is 0.909. The highest BCUT2D eigenvalue weighted by molar-refractivity contribution is 5.81. The lowest BCUT2D eigenvalue weighted by atomic mass is 10.0. The van der Waals surface area contributed by atoms with Crippen LogP contribution in [0.25, 0.3) is 0 Å². The lowest BCUT2D eigenvalue weighted by molar-refractivity contribution is -0.132. The topological polar surface area (TPSA) is 32.3 Å². The summed E-state index contributed by atoms with van der Waals surface area (Å²) in [6.07, 6.45) is 5.66. The number of carbonyl (C=O) groups is 1. The molecule has 0 spiro atoms. The van der Waals surface area contributed by atoms with E-state index in [1.54, 1.807) is 0 Å². The molecule has 0 radical (unpaired) electrons. The lowest BCUT2D eigenvalue weighted by Crippen LogP contribution is -2.47. The minimum atomic E-state index is 0.0885. The van der Waals surface area contributed by atoms with Crippen molar-refractivity contribution < 1.29 is 4.79 Å². The van der Waals surface area contributed by atoms with Gasteiger partial charge in [-0.25, -0.2) is 0 Å². The van der Waals surface area contributed by atoms with Crippen LogP contribution in [0.3, 0.4) is 0 Å². The first-order chi connectivity index (χ1) is 6.75. The Morgan fingerprint density at radius 1 is 1.50 bits per heavy atom. The molecule has 1 aliphatic heterocycles. The highest BCUT2D eigenvalue weighted by Gasteiger charge is 2.22. The zero-order valence-electron chi connectivity index (χ0n) is 9.38. The first kappa shape index (κ1) is 11.5. The molecule has 1 heterocycles. The molecule has 1 aliphatic rings. The second-order valence-corrected chi connectivity index (χ2v) is 4.12. The van der Waals surface area contributed by atoms with Gasteiger partial charge in [0.05, 0.1) is 6.04 Å². The predicted octanol–water partition coefficient (Wildman–Crippen LogP) is 1.39. The molecule has 0 aliphatic carbocycles. The van der Waals surface area contributed by atoms with Gasteiger partial charge in [0.15, 0.2) is 0 Å². The van der Waals surface area contributed by atoms with Crippen molar-refractivity contribution in [2.75, 3.05) is 20.1 Å². The first-order valence-corrected chi connectivity index (χ1v) is 5.74. The van der Waals surface area contributed by atoms with Gasteiger partial charge >= 0.3 is 0 Å². The van der Waals surface area contributed by atoms with Crippen LogP contribution in [0.5, 0.6) is 0 Å². The Morgan fingerprint density at radius 3 is 2.86 bits per heavy atom. The Balaban J connectivity index is 2.30. The lowest BCUT2D eigenvalue weighted by Gasteiger charge is -2.27. The van der Waals surface area contributed by atoms with Gasteiger partial charge in [-0.2, -0.15) is 0 Å². The second kappa shape index (κ2) is 6.02. The van der Waals surface area contributed by atoms with Crippen molar-refractivity contribution in [3.8, 4) is 0 Å². The Labute approximate surface area is 86.9 Å². The molecule has 0 saturated carbocycles. The minimum Gasteiger partial charge on any atom is -0.344 e. The van der Waals surface area contributed by atoms with Crippen LogP contribution in [0, 0.1) is 0 Å². The van der Waals surface area contributed by atoms with Crippen LogP contribution in [0.2, 0.25) is 0 Å². The van der Waals surface area contributed by atoms with Crippen LogP contribution in [0.15, 0.2) is 0 Å². The van der Waals surface area contributed by atoms with E-state index in [0.717, 1.165) is 32.4 Å². The van der Waals surface area contributed by atoms with Crippen molar-refractivity contribution in [2.45, 2.75) is 45.1 Å². The maximum absolute atomic E-state index is 11.9. The molecule has 3 heteroatoms. The Kier molecular flexibility index (Phi) is 4.94. The van der Waals surface area contributed by atoms with E-state index in [0.29, 0.717) is 0 Å². The summed E-state index contributed by atoms with van der Waals surface area (Å²) in [5.41, 5.74) is 0. The van der Waals surface area contributed by atoms with E-state index in [4.69, 9.17) is 0 Å². The molecule has 0 bridgehead atoms. The highest BCUT2D eigenvalue weighted by Crippen LogP contribution is 2.09. The third-order valence-electron chi connectivity index (χ3n) is 2.83. The smallest absolute Gasteiger partial charge is 0.239 e. The summed E-state index contributed by atoms with van der Waals surface area (Å²) in [4.78, 5) is 13.7. The van der Waals surface area contributed by atoms with Crippen LogP contribution in [-0.2, 0) is 4.79 Å². The van der Waals surface area contributed by atoms with E-state index in [-0.39, 0.29) is 11.9 Å². The van der Waals surface area contributed by atoms with Crippen molar-refractivity contribution >= 4 is 5.91 Å². The number of likely N-dealkylation sites (N-methyl/N-ethyl adjacent to an activating group) is 1. The van der Waals surface area contributed by atoms with Gasteiger partial charge in [-0.1, -0.05) is 19.8 Å². The molecule has 1 fully saturated rings. The largest absolute Gasteiger partial charge is 0.344 e. The minimum absolute atomic E-state index is 0.0885. The summed E-state index contributed by atoms with van der Waals surface area (Å²) in [6, 6.07) is 0.0885. The van der Waals surface area contributed by atoms with E-state index in [2.05, 4.69) is 12.2 Å². The number of hydrogen-bond donors (Lipinski definition) is 1. The molecule has 0 aromatic carbocycles. The Bertz CT molecular complexity index is 176. The molecule has 82 valence electrons. The molecule has 0 aromatic rings. The summed E-state index contributed by atoms with van der Waals surface area (Å²) in [5, 5.41) is 3.28. The number of rotatable bonds is 4. The quantitative estimate of drug-likeness (QED) is 0.740. The number of piperidine rings is 1.